The van der Waals surface area contributed by atoms with Crippen LogP contribution in [0.25, 0.3) is 0 Å². The monoisotopic (exact) mass is 324 g/mol. The van der Waals surface area contributed by atoms with Crippen LogP contribution in [0.5, 0.6) is 0 Å². The quantitative estimate of drug-likeness (QED) is 0.902. The van der Waals surface area contributed by atoms with Crippen molar-refractivity contribution in [2.45, 2.75) is 51.2 Å². The van der Waals surface area contributed by atoms with Crippen molar-refractivity contribution in [3.05, 3.63) is 29.3 Å². The Morgan fingerprint density at radius 2 is 2.00 bits per heavy atom. The molecule has 0 unspecified atom stereocenters. The second-order valence-electron chi connectivity index (χ2n) is 6.88. The third-order valence-electron chi connectivity index (χ3n) is 4.58. The molecule has 0 aliphatic carbocycles. The molecule has 0 spiro atoms. The SMILES string of the molecule is Cc1cc(CN[C@H]2CN(C(C)C)C[C@@H]2C)ccc1S(C)(=O)=O. The van der Waals surface area contributed by atoms with Gasteiger partial charge in [-0.1, -0.05) is 19.1 Å². The summed E-state index contributed by atoms with van der Waals surface area (Å²) in [5, 5.41) is 3.63. The van der Waals surface area contributed by atoms with E-state index in [1.54, 1.807) is 6.07 Å². The Bertz CT molecular complexity index is 626. The van der Waals surface area contributed by atoms with E-state index in [0.29, 0.717) is 22.9 Å². The first-order valence-electron chi connectivity index (χ1n) is 7.95. The summed E-state index contributed by atoms with van der Waals surface area (Å²) in [5.74, 6) is 0.638. The van der Waals surface area contributed by atoms with E-state index >= 15 is 0 Å². The van der Waals surface area contributed by atoms with E-state index in [9.17, 15) is 8.42 Å². The van der Waals surface area contributed by atoms with Crippen molar-refractivity contribution in [1.82, 2.24) is 10.2 Å². The van der Waals surface area contributed by atoms with Crippen LogP contribution < -0.4 is 5.32 Å². The zero-order chi connectivity index (χ0) is 16.5. The molecule has 2 atom stereocenters. The molecule has 1 N–H and O–H groups in total. The van der Waals surface area contributed by atoms with E-state index in [2.05, 4.69) is 31.0 Å². The largest absolute Gasteiger partial charge is 0.308 e. The van der Waals surface area contributed by atoms with Crippen LogP contribution in [0.3, 0.4) is 0 Å². The van der Waals surface area contributed by atoms with Crippen molar-refractivity contribution in [3.63, 3.8) is 0 Å². The molecule has 1 aliphatic rings. The molecular weight excluding hydrogens is 296 g/mol. The summed E-state index contributed by atoms with van der Waals surface area (Å²) in [5.41, 5.74) is 1.96. The minimum Gasteiger partial charge on any atom is -0.308 e. The molecule has 5 heteroatoms. The second-order valence-corrected chi connectivity index (χ2v) is 8.87. The minimum atomic E-state index is -3.13. The lowest BCUT2D eigenvalue weighted by atomic mass is 10.1. The maximum absolute atomic E-state index is 11.7. The highest BCUT2D eigenvalue weighted by atomic mass is 32.2. The molecule has 1 saturated heterocycles. The number of benzene rings is 1. The first kappa shape index (κ1) is 17.4. The van der Waals surface area contributed by atoms with E-state index in [1.165, 1.54) is 6.26 Å². The fourth-order valence-electron chi connectivity index (χ4n) is 3.18. The van der Waals surface area contributed by atoms with Gasteiger partial charge < -0.3 is 5.32 Å². The lowest BCUT2D eigenvalue weighted by molar-refractivity contribution is 0.264. The third-order valence-corrected chi connectivity index (χ3v) is 5.84. The molecule has 0 saturated carbocycles. The minimum absolute atomic E-state index is 0.427. The van der Waals surface area contributed by atoms with Crippen LogP contribution in [0.2, 0.25) is 0 Å². The normalized spacial score (nSPS) is 23.4. The van der Waals surface area contributed by atoms with Gasteiger partial charge in [0, 0.05) is 38.0 Å². The number of sulfone groups is 1. The van der Waals surface area contributed by atoms with E-state index in [4.69, 9.17) is 0 Å². The summed E-state index contributed by atoms with van der Waals surface area (Å²) in [6.45, 7) is 11.6. The van der Waals surface area contributed by atoms with Gasteiger partial charge >= 0.3 is 0 Å². The fraction of sp³-hybridized carbons (Fsp3) is 0.647. The van der Waals surface area contributed by atoms with Gasteiger partial charge in [-0.15, -0.1) is 0 Å². The number of nitrogens with one attached hydrogen (secondary N) is 1. The van der Waals surface area contributed by atoms with Crippen molar-refractivity contribution in [2.75, 3.05) is 19.3 Å². The van der Waals surface area contributed by atoms with Crippen LogP contribution in [0, 0.1) is 12.8 Å². The molecule has 4 nitrogen and oxygen atoms in total. The Hall–Kier alpha value is -0.910. The van der Waals surface area contributed by atoms with Gasteiger partial charge in [-0.3, -0.25) is 4.90 Å². The predicted octanol–water partition coefficient (Wildman–Crippen LogP) is 2.22. The van der Waals surface area contributed by atoms with Crippen molar-refractivity contribution in [3.8, 4) is 0 Å². The molecule has 1 heterocycles. The van der Waals surface area contributed by atoms with Crippen molar-refractivity contribution < 1.29 is 8.42 Å². The Morgan fingerprint density at radius 1 is 1.32 bits per heavy atom. The third kappa shape index (κ3) is 4.09. The molecule has 22 heavy (non-hydrogen) atoms. The zero-order valence-corrected chi connectivity index (χ0v) is 15.1. The average molecular weight is 324 g/mol. The standard InChI is InChI=1S/C17H28N2O2S/c1-12(2)19-10-14(4)16(11-19)18-9-15-6-7-17(13(3)8-15)22(5,20)21/h6-8,12,14,16,18H,9-11H2,1-5H3/t14-,16-/m0/s1. The first-order valence-corrected chi connectivity index (χ1v) is 9.84. The number of aryl methyl sites for hydroxylation is 1. The molecular formula is C17H28N2O2S. The van der Waals surface area contributed by atoms with Gasteiger partial charge in [0.15, 0.2) is 9.84 Å². The Kier molecular flexibility index (Phi) is 5.30. The number of rotatable bonds is 5. The summed E-state index contributed by atoms with van der Waals surface area (Å²) in [6, 6.07) is 6.70. The number of nitrogens with zero attached hydrogens (tertiary/aromatic N) is 1. The van der Waals surface area contributed by atoms with E-state index in [0.717, 1.165) is 30.8 Å². The maximum Gasteiger partial charge on any atom is 0.175 e. The molecule has 2 rings (SSSR count). The van der Waals surface area contributed by atoms with E-state index in [-0.39, 0.29) is 0 Å². The van der Waals surface area contributed by atoms with Crippen LogP contribution in [-0.2, 0) is 16.4 Å². The highest BCUT2D eigenvalue weighted by Gasteiger charge is 2.30. The Labute approximate surface area is 134 Å². The fourth-order valence-corrected chi connectivity index (χ4v) is 4.14. The molecule has 0 aromatic heterocycles. The lowest BCUT2D eigenvalue weighted by Gasteiger charge is -2.20. The Morgan fingerprint density at radius 3 is 2.50 bits per heavy atom. The van der Waals surface area contributed by atoms with Crippen LogP contribution in [0.1, 0.15) is 31.9 Å². The van der Waals surface area contributed by atoms with Crippen LogP contribution in [-0.4, -0.2) is 44.7 Å². The van der Waals surface area contributed by atoms with Crippen molar-refractivity contribution >= 4 is 9.84 Å². The molecule has 1 fully saturated rings. The number of hydrogen-bond acceptors (Lipinski definition) is 4. The summed E-state index contributed by atoms with van der Waals surface area (Å²) in [4.78, 5) is 2.93. The summed E-state index contributed by atoms with van der Waals surface area (Å²) < 4.78 is 23.3. The van der Waals surface area contributed by atoms with Gasteiger partial charge in [0.25, 0.3) is 0 Å². The highest BCUT2D eigenvalue weighted by Crippen LogP contribution is 2.20. The van der Waals surface area contributed by atoms with Gasteiger partial charge in [0.1, 0.15) is 0 Å². The predicted molar refractivity (Wildman–Crippen MR) is 90.8 cm³/mol. The maximum atomic E-state index is 11.7. The van der Waals surface area contributed by atoms with Crippen LogP contribution in [0.4, 0.5) is 0 Å². The molecule has 1 aliphatic heterocycles. The van der Waals surface area contributed by atoms with Gasteiger partial charge in [-0.05, 0) is 43.9 Å². The molecule has 1 aromatic rings. The average Bonchev–Trinajstić information content (AvgIpc) is 2.76. The van der Waals surface area contributed by atoms with Crippen molar-refractivity contribution in [1.29, 1.82) is 0 Å². The van der Waals surface area contributed by atoms with Gasteiger partial charge in [0.05, 0.1) is 4.90 Å². The summed E-state index contributed by atoms with van der Waals surface area (Å²) in [7, 11) is -3.13. The molecule has 124 valence electrons. The smallest absolute Gasteiger partial charge is 0.175 e. The van der Waals surface area contributed by atoms with Gasteiger partial charge in [-0.25, -0.2) is 8.42 Å². The molecule has 0 amide bonds. The van der Waals surface area contributed by atoms with Gasteiger partial charge in [0.2, 0.25) is 0 Å². The van der Waals surface area contributed by atoms with E-state index < -0.39 is 9.84 Å². The summed E-state index contributed by atoms with van der Waals surface area (Å²) >= 11 is 0. The topological polar surface area (TPSA) is 49.4 Å². The molecule has 1 aromatic carbocycles. The zero-order valence-electron chi connectivity index (χ0n) is 14.3. The van der Waals surface area contributed by atoms with Gasteiger partial charge in [-0.2, -0.15) is 0 Å². The number of likely N-dealkylation sites (tertiary alicyclic amines) is 1. The van der Waals surface area contributed by atoms with Crippen molar-refractivity contribution in [2.24, 2.45) is 5.92 Å². The van der Waals surface area contributed by atoms with Crippen LogP contribution >= 0.6 is 0 Å². The lowest BCUT2D eigenvalue weighted by Crippen LogP contribution is -2.36. The second kappa shape index (κ2) is 6.69. The number of hydrogen-bond donors (Lipinski definition) is 1. The molecule has 0 radical (unpaired) electrons. The highest BCUT2D eigenvalue weighted by molar-refractivity contribution is 7.90. The molecule has 0 bridgehead atoms. The summed E-state index contributed by atoms with van der Waals surface area (Å²) in [6.07, 6.45) is 1.26. The Balaban J connectivity index is 1.99. The van der Waals surface area contributed by atoms with Crippen LogP contribution in [0.15, 0.2) is 23.1 Å². The first-order chi connectivity index (χ1) is 10.2. The van der Waals surface area contributed by atoms with E-state index in [1.807, 2.05) is 19.1 Å².